The molecule has 0 saturated carbocycles. The van der Waals surface area contributed by atoms with Gasteiger partial charge in [0.25, 0.3) is 0 Å². The summed E-state index contributed by atoms with van der Waals surface area (Å²) in [6.45, 7) is 6.31. The number of para-hydroxylation sites is 3. The van der Waals surface area contributed by atoms with Gasteiger partial charge in [0.2, 0.25) is 5.91 Å². The lowest BCUT2D eigenvalue weighted by atomic mass is 10.1. The molecule has 0 saturated heterocycles. The van der Waals surface area contributed by atoms with E-state index in [1.807, 2.05) is 75.4 Å². The standard InChI is InChI=1S/C18H22N2O2/c1-18(2,3)19-13-17(21)20-15-11-7-8-12-16(15)22-14-9-5-4-6-10-14/h4-12,19H,13H2,1-3H3,(H,20,21). The van der Waals surface area contributed by atoms with Crippen molar-refractivity contribution in [2.45, 2.75) is 26.3 Å². The molecule has 2 aromatic rings. The topological polar surface area (TPSA) is 50.4 Å². The maximum Gasteiger partial charge on any atom is 0.238 e. The molecule has 4 nitrogen and oxygen atoms in total. The molecule has 0 aliphatic carbocycles. The van der Waals surface area contributed by atoms with Crippen molar-refractivity contribution in [1.82, 2.24) is 5.32 Å². The van der Waals surface area contributed by atoms with Gasteiger partial charge in [0.1, 0.15) is 5.75 Å². The van der Waals surface area contributed by atoms with Crippen molar-refractivity contribution < 1.29 is 9.53 Å². The number of hydrogen-bond donors (Lipinski definition) is 2. The van der Waals surface area contributed by atoms with E-state index < -0.39 is 0 Å². The predicted octanol–water partition coefficient (Wildman–Crippen LogP) is 3.81. The zero-order valence-electron chi connectivity index (χ0n) is 13.2. The fraction of sp³-hybridized carbons (Fsp3) is 0.278. The second-order valence-electron chi connectivity index (χ2n) is 6.06. The van der Waals surface area contributed by atoms with Crippen LogP contribution < -0.4 is 15.4 Å². The Kier molecular flexibility index (Phi) is 5.17. The molecule has 22 heavy (non-hydrogen) atoms. The minimum absolute atomic E-state index is 0.0981. The molecule has 0 spiro atoms. The molecule has 4 heteroatoms. The van der Waals surface area contributed by atoms with Crippen LogP contribution in [-0.2, 0) is 4.79 Å². The summed E-state index contributed by atoms with van der Waals surface area (Å²) < 4.78 is 5.82. The monoisotopic (exact) mass is 298 g/mol. The van der Waals surface area contributed by atoms with Crippen LogP contribution in [0.4, 0.5) is 5.69 Å². The van der Waals surface area contributed by atoms with Crippen LogP contribution in [0.3, 0.4) is 0 Å². The summed E-state index contributed by atoms with van der Waals surface area (Å²) in [4.78, 5) is 12.0. The average Bonchev–Trinajstić information content (AvgIpc) is 2.48. The second-order valence-corrected chi connectivity index (χ2v) is 6.06. The molecule has 0 atom stereocenters. The largest absolute Gasteiger partial charge is 0.455 e. The number of benzene rings is 2. The van der Waals surface area contributed by atoms with Crippen LogP contribution in [0.1, 0.15) is 20.8 Å². The Morgan fingerprint density at radius 2 is 1.64 bits per heavy atom. The average molecular weight is 298 g/mol. The van der Waals surface area contributed by atoms with Gasteiger partial charge in [-0.25, -0.2) is 0 Å². The van der Waals surface area contributed by atoms with Crippen molar-refractivity contribution >= 4 is 11.6 Å². The lowest BCUT2D eigenvalue weighted by molar-refractivity contribution is -0.115. The molecule has 2 aromatic carbocycles. The van der Waals surface area contributed by atoms with Crippen molar-refractivity contribution in [2.75, 3.05) is 11.9 Å². The smallest absolute Gasteiger partial charge is 0.238 e. The minimum Gasteiger partial charge on any atom is -0.455 e. The highest BCUT2D eigenvalue weighted by molar-refractivity contribution is 5.93. The van der Waals surface area contributed by atoms with Gasteiger partial charge in [-0.1, -0.05) is 30.3 Å². The van der Waals surface area contributed by atoms with Gasteiger partial charge in [0.05, 0.1) is 12.2 Å². The Labute approximate surface area is 131 Å². The third kappa shape index (κ3) is 5.22. The van der Waals surface area contributed by atoms with Crippen molar-refractivity contribution in [2.24, 2.45) is 0 Å². The van der Waals surface area contributed by atoms with E-state index >= 15 is 0 Å². The lowest BCUT2D eigenvalue weighted by Gasteiger charge is -2.20. The van der Waals surface area contributed by atoms with Gasteiger partial charge >= 0.3 is 0 Å². The third-order valence-corrected chi connectivity index (χ3v) is 2.91. The molecule has 2 rings (SSSR count). The highest BCUT2D eigenvalue weighted by Crippen LogP contribution is 2.28. The molecule has 0 aromatic heterocycles. The normalized spacial score (nSPS) is 11.0. The number of hydrogen-bond acceptors (Lipinski definition) is 3. The molecule has 2 N–H and O–H groups in total. The number of amides is 1. The Balaban J connectivity index is 2.04. The van der Waals surface area contributed by atoms with E-state index in [2.05, 4.69) is 10.6 Å². The Bertz CT molecular complexity index is 618. The fourth-order valence-electron chi connectivity index (χ4n) is 1.81. The van der Waals surface area contributed by atoms with Gasteiger partial charge in [-0.05, 0) is 45.0 Å². The molecule has 0 unspecified atom stereocenters. The fourth-order valence-corrected chi connectivity index (χ4v) is 1.81. The summed E-state index contributed by atoms with van der Waals surface area (Å²) in [5.41, 5.74) is 0.560. The number of carbonyl (C=O) groups is 1. The summed E-state index contributed by atoms with van der Waals surface area (Å²) in [5, 5.41) is 6.04. The maximum absolute atomic E-state index is 12.0. The summed E-state index contributed by atoms with van der Waals surface area (Å²) in [6, 6.07) is 16.9. The van der Waals surface area contributed by atoms with E-state index in [4.69, 9.17) is 4.74 Å². The molecule has 0 radical (unpaired) electrons. The summed E-state index contributed by atoms with van der Waals surface area (Å²) in [7, 11) is 0. The van der Waals surface area contributed by atoms with Crippen molar-refractivity contribution in [3.63, 3.8) is 0 Å². The lowest BCUT2D eigenvalue weighted by Crippen LogP contribution is -2.41. The van der Waals surface area contributed by atoms with E-state index in [-0.39, 0.29) is 18.0 Å². The molecule has 0 aliphatic rings. The highest BCUT2D eigenvalue weighted by Gasteiger charge is 2.13. The minimum atomic E-state index is -0.0998. The molecule has 0 fully saturated rings. The van der Waals surface area contributed by atoms with E-state index in [0.29, 0.717) is 11.4 Å². The number of anilines is 1. The van der Waals surface area contributed by atoms with Crippen molar-refractivity contribution in [3.05, 3.63) is 54.6 Å². The zero-order chi connectivity index (χ0) is 16.0. The van der Waals surface area contributed by atoms with Crippen molar-refractivity contribution in [3.8, 4) is 11.5 Å². The Hall–Kier alpha value is -2.33. The van der Waals surface area contributed by atoms with Crippen molar-refractivity contribution in [1.29, 1.82) is 0 Å². The number of carbonyl (C=O) groups excluding carboxylic acids is 1. The van der Waals surface area contributed by atoms with Gasteiger partial charge in [0, 0.05) is 5.54 Å². The first-order chi connectivity index (χ1) is 10.4. The van der Waals surface area contributed by atoms with Crippen LogP contribution in [0.25, 0.3) is 0 Å². The van der Waals surface area contributed by atoms with E-state index in [1.54, 1.807) is 0 Å². The molecule has 0 aliphatic heterocycles. The quantitative estimate of drug-likeness (QED) is 0.882. The van der Waals surface area contributed by atoms with Crippen LogP contribution in [0.15, 0.2) is 54.6 Å². The first kappa shape index (κ1) is 16.0. The maximum atomic E-state index is 12.0. The Morgan fingerprint density at radius 3 is 2.32 bits per heavy atom. The van der Waals surface area contributed by atoms with Crippen LogP contribution in [0.5, 0.6) is 11.5 Å². The zero-order valence-corrected chi connectivity index (χ0v) is 13.2. The molecular weight excluding hydrogens is 276 g/mol. The third-order valence-electron chi connectivity index (χ3n) is 2.91. The van der Waals surface area contributed by atoms with Gasteiger partial charge < -0.3 is 15.4 Å². The number of ether oxygens (including phenoxy) is 1. The summed E-state index contributed by atoms with van der Waals surface area (Å²) in [5.74, 6) is 1.26. The van der Waals surface area contributed by atoms with E-state index in [9.17, 15) is 4.79 Å². The van der Waals surface area contributed by atoms with Gasteiger partial charge in [-0.3, -0.25) is 4.79 Å². The summed E-state index contributed by atoms with van der Waals surface area (Å²) >= 11 is 0. The number of rotatable bonds is 5. The van der Waals surface area contributed by atoms with E-state index in [0.717, 1.165) is 5.75 Å². The van der Waals surface area contributed by atoms with Crippen LogP contribution in [0, 0.1) is 0 Å². The van der Waals surface area contributed by atoms with Gasteiger partial charge in [-0.15, -0.1) is 0 Å². The predicted molar refractivity (Wildman–Crippen MR) is 89.3 cm³/mol. The second kappa shape index (κ2) is 7.09. The number of nitrogens with one attached hydrogen (secondary N) is 2. The Morgan fingerprint density at radius 1 is 1.00 bits per heavy atom. The molecule has 0 bridgehead atoms. The van der Waals surface area contributed by atoms with E-state index in [1.165, 1.54) is 0 Å². The van der Waals surface area contributed by atoms with Crippen LogP contribution >= 0.6 is 0 Å². The molecule has 0 heterocycles. The highest BCUT2D eigenvalue weighted by atomic mass is 16.5. The van der Waals surface area contributed by atoms with Gasteiger partial charge in [-0.2, -0.15) is 0 Å². The molecule has 116 valence electrons. The molecular formula is C18H22N2O2. The molecule has 1 amide bonds. The van der Waals surface area contributed by atoms with Gasteiger partial charge in [0.15, 0.2) is 5.75 Å². The van der Waals surface area contributed by atoms with Crippen LogP contribution in [-0.4, -0.2) is 18.0 Å². The SMILES string of the molecule is CC(C)(C)NCC(=O)Nc1ccccc1Oc1ccccc1. The first-order valence-electron chi connectivity index (χ1n) is 7.31. The first-order valence-corrected chi connectivity index (χ1v) is 7.31. The summed E-state index contributed by atoms with van der Waals surface area (Å²) in [6.07, 6.45) is 0. The van der Waals surface area contributed by atoms with Crippen LogP contribution in [0.2, 0.25) is 0 Å².